The molecule has 0 amide bonds. The van der Waals surface area contributed by atoms with Gasteiger partial charge in [0.2, 0.25) is 10.0 Å². The molecule has 0 aromatic heterocycles. The van der Waals surface area contributed by atoms with Gasteiger partial charge in [0, 0.05) is 0 Å². The summed E-state index contributed by atoms with van der Waals surface area (Å²) < 4.78 is 38.2. The minimum atomic E-state index is -3.77. The molecule has 1 N–H and O–H groups in total. The van der Waals surface area contributed by atoms with Crippen LogP contribution in [0, 0.1) is 17.1 Å². The maximum Gasteiger partial charge on any atom is 0.249 e. The molecule has 0 aliphatic carbocycles. The van der Waals surface area contributed by atoms with E-state index in [2.05, 4.69) is 4.72 Å². The van der Waals surface area contributed by atoms with Gasteiger partial charge in [-0.25, -0.2) is 12.8 Å². The highest BCUT2D eigenvalue weighted by atomic mass is 32.2. The van der Waals surface area contributed by atoms with Gasteiger partial charge >= 0.3 is 0 Å². The number of halogens is 1. The van der Waals surface area contributed by atoms with Gasteiger partial charge in [0.15, 0.2) is 5.25 Å². The molecule has 0 spiro atoms. The van der Waals surface area contributed by atoms with Gasteiger partial charge < -0.3 is 0 Å². The topological polar surface area (TPSA) is 70.0 Å². The molecule has 16 heavy (non-hydrogen) atoms. The summed E-state index contributed by atoms with van der Waals surface area (Å²) in [5, 5.41) is 7.52. The summed E-state index contributed by atoms with van der Waals surface area (Å²) in [6.07, 6.45) is 0.182. The number of nitriles is 1. The molecular weight excluding hydrogens is 231 g/mol. The van der Waals surface area contributed by atoms with E-state index in [4.69, 9.17) is 5.26 Å². The minimum absolute atomic E-state index is 0.119. The fourth-order valence-electron chi connectivity index (χ4n) is 1.17. The van der Waals surface area contributed by atoms with Crippen LogP contribution in [-0.2, 0) is 10.0 Å². The summed E-state index contributed by atoms with van der Waals surface area (Å²) in [6, 6.07) is 6.76. The molecule has 6 heteroatoms. The van der Waals surface area contributed by atoms with Crippen molar-refractivity contribution in [1.82, 2.24) is 0 Å². The number of sulfonamides is 1. The van der Waals surface area contributed by atoms with Crippen LogP contribution in [0.2, 0.25) is 0 Å². The quantitative estimate of drug-likeness (QED) is 0.876. The monoisotopic (exact) mass is 242 g/mol. The Morgan fingerprint density at radius 2 is 2.25 bits per heavy atom. The van der Waals surface area contributed by atoms with E-state index in [1.54, 1.807) is 13.0 Å². The van der Waals surface area contributed by atoms with Crippen LogP contribution in [0.1, 0.15) is 13.3 Å². The summed E-state index contributed by atoms with van der Waals surface area (Å²) in [6.45, 7) is 1.60. The first-order chi connectivity index (χ1) is 7.49. The van der Waals surface area contributed by atoms with Crippen LogP contribution < -0.4 is 4.72 Å². The predicted molar refractivity (Wildman–Crippen MR) is 58.6 cm³/mol. The molecule has 4 nitrogen and oxygen atoms in total. The standard InChI is InChI=1S/C10H11FN2O2S/c1-2-10(7-12)16(14,15)13-9-5-3-4-8(11)6-9/h3-6,10,13H,2H2,1H3. The molecule has 1 rings (SSSR count). The van der Waals surface area contributed by atoms with E-state index in [-0.39, 0.29) is 12.1 Å². The molecule has 1 atom stereocenters. The molecule has 0 heterocycles. The third-order valence-corrected chi connectivity index (χ3v) is 3.68. The van der Waals surface area contributed by atoms with Crippen LogP contribution in [0.15, 0.2) is 24.3 Å². The molecule has 0 fully saturated rings. The molecule has 0 radical (unpaired) electrons. The second-order valence-corrected chi connectivity index (χ2v) is 5.05. The van der Waals surface area contributed by atoms with Crippen LogP contribution in [-0.4, -0.2) is 13.7 Å². The molecule has 0 saturated carbocycles. The highest BCUT2D eigenvalue weighted by Crippen LogP contribution is 2.14. The Kier molecular flexibility index (Phi) is 3.85. The van der Waals surface area contributed by atoms with Crippen molar-refractivity contribution >= 4 is 15.7 Å². The van der Waals surface area contributed by atoms with Crippen LogP contribution in [0.25, 0.3) is 0 Å². The zero-order valence-electron chi connectivity index (χ0n) is 8.64. The Morgan fingerprint density at radius 3 is 2.75 bits per heavy atom. The lowest BCUT2D eigenvalue weighted by atomic mass is 10.3. The summed E-state index contributed by atoms with van der Waals surface area (Å²) in [5.41, 5.74) is 0.119. The number of anilines is 1. The Morgan fingerprint density at radius 1 is 1.56 bits per heavy atom. The number of nitrogens with zero attached hydrogens (tertiary/aromatic N) is 1. The molecule has 1 aromatic rings. The molecule has 0 saturated heterocycles. The molecule has 1 aromatic carbocycles. The van der Waals surface area contributed by atoms with E-state index in [0.717, 1.165) is 6.07 Å². The van der Waals surface area contributed by atoms with Crippen LogP contribution in [0.5, 0.6) is 0 Å². The van der Waals surface area contributed by atoms with E-state index in [0.29, 0.717) is 0 Å². The molecular formula is C10H11FN2O2S. The second kappa shape index (κ2) is 4.94. The number of nitrogens with one attached hydrogen (secondary N) is 1. The van der Waals surface area contributed by atoms with Crippen LogP contribution in [0.3, 0.4) is 0 Å². The van der Waals surface area contributed by atoms with Gasteiger partial charge in [-0.05, 0) is 24.6 Å². The lowest BCUT2D eigenvalue weighted by Gasteiger charge is -2.10. The van der Waals surface area contributed by atoms with Crippen molar-refractivity contribution in [2.75, 3.05) is 4.72 Å². The van der Waals surface area contributed by atoms with Gasteiger partial charge in [-0.1, -0.05) is 13.0 Å². The lowest BCUT2D eigenvalue weighted by Crippen LogP contribution is -2.25. The van der Waals surface area contributed by atoms with Crippen LogP contribution >= 0.6 is 0 Å². The summed E-state index contributed by atoms with van der Waals surface area (Å²) >= 11 is 0. The third-order valence-electron chi connectivity index (χ3n) is 1.97. The molecule has 0 bridgehead atoms. The Balaban J connectivity index is 2.94. The van der Waals surface area contributed by atoms with Gasteiger partial charge in [-0.15, -0.1) is 0 Å². The molecule has 1 unspecified atom stereocenters. The van der Waals surface area contributed by atoms with E-state index in [1.165, 1.54) is 18.2 Å². The summed E-state index contributed by atoms with van der Waals surface area (Å²) in [5.74, 6) is -0.537. The number of rotatable bonds is 4. The Bertz CT molecular complexity index is 508. The zero-order chi connectivity index (χ0) is 12.2. The van der Waals surface area contributed by atoms with Crippen molar-refractivity contribution in [2.24, 2.45) is 0 Å². The SMILES string of the molecule is CCC(C#N)S(=O)(=O)Nc1cccc(F)c1. The highest BCUT2D eigenvalue weighted by Gasteiger charge is 2.23. The maximum absolute atomic E-state index is 12.8. The van der Waals surface area contributed by atoms with Crippen molar-refractivity contribution in [3.63, 3.8) is 0 Å². The zero-order valence-corrected chi connectivity index (χ0v) is 9.46. The number of hydrogen-bond acceptors (Lipinski definition) is 3. The van der Waals surface area contributed by atoms with Gasteiger partial charge in [0.25, 0.3) is 0 Å². The average Bonchev–Trinajstić information content (AvgIpc) is 2.18. The van der Waals surface area contributed by atoms with Crippen molar-refractivity contribution in [3.05, 3.63) is 30.1 Å². The number of hydrogen-bond donors (Lipinski definition) is 1. The first kappa shape index (κ1) is 12.5. The minimum Gasteiger partial charge on any atom is -0.282 e. The molecule has 0 aliphatic rings. The smallest absolute Gasteiger partial charge is 0.249 e. The van der Waals surface area contributed by atoms with Crippen molar-refractivity contribution in [3.8, 4) is 6.07 Å². The first-order valence-electron chi connectivity index (χ1n) is 4.66. The fraction of sp³-hybridized carbons (Fsp3) is 0.300. The van der Waals surface area contributed by atoms with Gasteiger partial charge in [0.1, 0.15) is 5.82 Å². The number of benzene rings is 1. The van der Waals surface area contributed by atoms with Crippen molar-refractivity contribution in [1.29, 1.82) is 5.26 Å². The van der Waals surface area contributed by atoms with E-state index >= 15 is 0 Å². The summed E-state index contributed by atoms with van der Waals surface area (Å²) in [7, 11) is -3.77. The van der Waals surface area contributed by atoms with E-state index < -0.39 is 21.1 Å². The highest BCUT2D eigenvalue weighted by molar-refractivity contribution is 7.93. The maximum atomic E-state index is 12.8. The second-order valence-electron chi connectivity index (χ2n) is 3.18. The predicted octanol–water partition coefficient (Wildman–Crippen LogP) is 1.87. The lowest BCUT2D eigenvalue weighted by molar-refractivity contribution is 0.592. The van der Waals surface area contributed by atoms with Crippen molar-refractivity contribution in [2.45, 2.75) is 18.6 Å². The Labute approximate surface area is 93.8 Å². The molecule has 0 aliphatic heterocycles. The average molecular weight is 242 g/mol. The van der Waals surface area contributed by atoms with Gasteiger partial charge in [-0.2, -0.15) is 5.26 Å². The fourth-order valence-corrected chi connectivity index (χ4v) is 2.34. The summed E-state index contributed by atoms with van der Waals surface area (Å²) in [4.78, 5) is 0. The largest absolute Gasteiger partial charge is 0.282 e. The first-order valence-corrected chi connectivity index (χ1v) is 6.21. The van der Waals surface area contributed by atoms with Gasteiger partial charge in [0.05, 0.1) is 11.8 Å². The van der Waals surface area contributed by atoms with Crippen molar-refractivity contribution < 1.29 is 12.8 Å². The molecule has 86 valence electrons. The van der Waals surface area contributed by atoms with E-state index in [9.17, 15) is 12.8 Å². The van der Waals surface area contributed by atoms with E-state index in [1.807, 2.05) is 0 Å². The Hall–Kier alpha value is -1.61. The van der Waals surface area contributed by atoms with Crippen LogP contribution in [0.4, 0.5) is 10.1 Å². The van der Waals surface area contributed by atoms with Gasteiger partial charge in [-0.3, -0.25) is 4.72 Å². The normalized spacial score (nSPS) is 12.8. The third kappa shape index (κ3) is 2.94.